The maximum atomic E-state index is 9.33. The molecule has 0 saturated carbocycles. The van der Waals surface area contributed by atoms with Gasteiger partial charge in [0.2, 0.25) is 0 Å². The number of hydrogen-bond donors (Lipinski definition) is 1. The van der Waals surface area contributed by atoms with E-state index in [9.17, 15) is 5.11 Å². The minimum atomic E-state index is -1.31. The summed E-state index contributed by atoms with van der Waals surface area (Å²) in [5, 5.41) is 19.6. The van der Waals surface area contributed by atoms with Crippen LogP contribution in [0.1, 0.15) is 11.8 Å². The quantitative estimate of drug-likeness (QED) is 0.621. The molecule has 1 rings (SSSR count). The zero-order valence-electron chi connectivity index (χ0n) is 5.53. The molecule has 0 fully saturated rings. The molecule has 0 aliphatic carbocycles. The number of hydrogen-bond acceptors (Lipinski definition) is 3. The Kier molecular flexibility index (Phi) is 1.75. The molecule has 1 heterocycles. The van der Waals surface area contributed by atoms with Crippen LogP contribution in [-0.2, 0) is 5.60 Å². The minimum absolute atomic E-state index is 0.690. The molecule has 0 bridgehead atoms. The molecule has 1 unspecified atom stereocenters. The number of nitriles is 1. The van der Waals surface area contributed by atoms with Crippen LogP contribution in [0.3, 0.4) is 0 Å². The number of thiophene rings is 1. The van der Waals surface area contributed by atoms with Crippen LogP contribution < -0.4 is 0 Å². The van der Waals surface area contributed by atoms with Gasteiger partial charge in [0.15, 0.2) is 5.60 Å². The van der Waals surface area contributed by atoms with Crippen LogP contribution in [0.25, 0.3) is 0 Å². The van der Waals surface area contributed by atoms with E-state index in [2.05, 4.69) is 0 Å². The standard InChI is InChI=1S/C7H7NOS/c1-7(9,5-8)6-3-2-4-10-6/h2-4,9H,1H3. The Balaban J connectivity index is 2.99. The predicted molar refractivity (Wildman–Crippen MR) is 39.5 cm³/mol. The Morgan fingerprint density at radius 1 is 1.80 bits per heavy atom. The first kappa shape index (κ1) is 7.26. The first-order chi connectivity index (χ1) is 4.67. The first-order valence-electron chi connectivity index (χ1n) is 2.84. The molecule has 0 spiro atoms. The fraction of sp³-hybridized carbons (Fsp3) is 0.286. The highest BCUT2D eigenvalue weighted by molar-refractivity contribution is 7.10. The van der Waals surface area contributed by atoms with Crippen LogP contribution >= 0.6 is 11.3 Å². The van der Waals surface area contributed by atoms with E-state index < -0.39 is 5.60 Å². The van der Waals surface area contributed by atoms with Crippen molar-refractivity contribution in [2.45, 2.75) is 12.5 Å². The molecule has 0 aliphatic rings. The van der Waals surface area contributed by atoms with E-state index in [1.807, 2.05) is 17.5 Å². The van der Waals surface area contributed by atoms with E-state index in [4.69, 9.17) is 5.26 Å². The van der Waals surface area contributed by atoms with Gasteiger partial charge in [0.05, 0.1) is 4.88 Å². The zero-order valence-corrected chi connectivity index (χ0v) is 6.35. The van der Waals surface area contributed by atoms with Crippen molar-refractivity contribution >= 4 is 11.3 Å². The van der Waals surface area contributed by atoms with Crippen LogP contribution in [-0.4, -0.2) is 5.11 Å². The Morgan fingerprint density at radius 2 is 2.50 bits per heavy atom. The summed E-state index contributed by atoms with van der Waals surface area (Å²) < 4.78 is 0. The van der Waals surface area contributed by atoms with Crippen LogP contribution in [0.4, 0.5) is 0 Å². The smallest absolute Gasteiger partial charge is 0.183 e. The van der Waals surface area contributed by atoms with Gasteiger partial charge in [0.1, 0.15) is 6.07 Å². The molecule has 2 nitrogen and oxygen atoms in total. The molecule has 1 aromatic heterocycles. The fourth-order valence-corrected chi connectivity index (χ4v) is 1.35. The average Bonchev–Trinajstić information content (AvgIpc) is 2.38. The third kappa shape index (κ3) is 1.18. The summed E-state index contributed by atoms with van der Waals surface area (Å²) in [6, 6.07) is 5.36. The predicted octanol–water partition coefficient (Wildman–Crippen LogP) is 1.48. The van der Waals surface area contributed by atoms with Gasteiger partial charge in [-0.1, -0.05) is 6.07 Å². The van der Waals surface area contributed by atoms with Gasteiger partial charge in [-0.3, -0.25) is 0 Å². The maximum absolute atomic E-state index is 9.33. The lowest BCUT2D eigenvalue weighted by Gasteiger charge is -2.09. The van der Waals surface area contributed by atoms with Crippen LogP contribution in [0.2, 0.25) is 0 Å². The van der Waals surface area contributed by atoms with Gasteiger partial charge in [-0.05, 0) is 18.4 Å². The largest absolute Gasteiger partial charge is 0.371 e. The Labute approximate surface area is 63.4 Å². The van der Waals surface area contributed by atoms with Crippen molar-refractivity contribution in [2.75, 3.05) is 0 Å². The van der Waals surface area contributed by atoms with E-state index in [1.165, 1.54) is 18.3 Å². The summed E-state index contributed by atoms with van der Waals surface area (Å²) in [5.41, 5.74) is -1.31. The van der Waals surface area contributed by atoms with Crippen molar-refractivity contribution < 1.29 is 5.11 Å². The van der Waals surface area contributed by atoms with Gasteiger partial charge < -0.3 is 5.11 Å². The molecule has 52 valence electrons. The topological polar surface area (TPSA) is 44.0 Å². The summed E-state index contributed by atoms with van der Waals surface area (Å²) in [4.78, 5) is 0.690. The summed E-state index contributed by atoms with van der Waals surface area (Å²) in [7, 11) is 0. The molecule has 1 aromatic rings. The minimum Gasteiger partial charge on any atom is -0.371 e. The average molecular weight is 153 g/mol. The summed E-state index contributed by atoms with van der Waals surface area (Å²) >= 11 is 1.38. The number of rotatable bonds is 1. The normalized spacial score (nSPS) is 15.7. The molecular formula is C7H7NOS. The lowest BCUT2D eigenvalue weighted by molar-refractivity contribution is 0.123. The fourth-order valence-electron chi connectivity index (χ4n) is 0.611. The lowest BCUT2D eigenvalue weighted by atomic mass is 10.1. The van der Waals surface area contributed by atoms with Crippen molar-refractivity contribution in [3.8, 4) is 6.07 Å². The van der Waals surface area contributed by atoms with Crippen molar-refractivity contribution in [1.29, 1.82) is 5.26 Å². The molecular weight excluding hydrogens is 146 g/mol. The van der Waals surface area contributed by atoms with Gasteiger partial charge in [0, 0.05) is 0 Å². The SMILES string of the molecule is CC(O)(C#N)c1cccs1. The van der Waals surface area contributed by atoms with Crippen molar-refractivity contribution in [1.82, 2.24) is 0 Å². The van der Waals surface area contributed by atoms with Crippen LogP contribution in [0.15, 0.2) is 17.5 Å². The second kappa shape index (κ2) is 2.41. The highest BCUT2D eigenvalue weighted by Gasteiger charge is 2.22. The van der Waals surface area contributed by atoms with Gasteiger partial charge in [-0.15, -0.1) is 11.3 Å². The Bertz CT molecular complexity index is 245. The lowest BCUT2D eigenvalue weighted by Crippen LogP contribution is -2.15. The van der Waals surface area contributed by atoms with Gasteiger partial charge in [-0.2, -0.15) is 5.26 Å². The van der Waals surface area contributed by atoms with E-state index in [-0.39, 0.29) is 0 Å². The zero-order chi connectivity index (χ0) is 7.61. The maximum Gasteiger partial charge on any atom is 0.183 e. The first-order valence-corrected chi connectivity index (χ1v) is 3.72. The number of aliphatic hydroxyl groups is 1. The van der Waals surface area contributed by atoms with E-state index in [0.717, 1.165) is 0 Å². The summed E-state index contributed by atoms with van der Waals surface area (Å²) in [5.74, 6) is 0. The molecule has 1 N–H and O–H groups in total. The van der Waals surface area contributed by atoms with Crippen molar-refractivity contribution in [3.05, 3.63) is 22.4 Å². The van der Waals surface area contributed by atoms with Crippen molar-refractivity contribution in [2.24, 2.45) is 0 Å². The molecule has 3 heteroatoms. The molecule has 0 aromatic carbocycles. The van der Waals surface area contributed by atoms with Crippen LogP contribution in [0, 0.1) is 11.3 Å². The Hall–Kier alpha value is -0.850. The van der Waals surface area contributed by atoms with Gasteiger partial charge in [-0.25, -0.2) is 0 Å². The highest BCUT2D eigenvalue weighted by atomic mass is 32.1. The summed E-state index contributed by atoms with van der Waals surface area (Å²) in [6.45, 7) is 1.48. The van der Waals surface area contributed by atoms with Crippen molar-refractivity contribution in [3.63, 3.8) is 0 Å². The molecule has 1 atom stereocenters. The third-order valence-corrected chi connectivity index (χ3v) is 2.30. The monoisotopic (exact) mass is 153 g/mol. The molecule has 0 aliphatic heterocycles. The van der Waals surface area contributed by atoms with E-state index in [0.29, 0.717) is 4.88 Å². The van der Waals surface area contributed by atoms with Gasteiger partial charge in [0.25, 0.3) is 0 Å². The van der Waals surface area contributed by atoms with Gasteiger partial charge >= 0.3 is 0 Å². The van der Waals surface area contributed by atoms with E-state index in [1.54, 1.807) is 6.07 Å². The highest BCUT2D eigenvalue weighted by Crippen LogP contribution is 2.23. The second-order valence-electron chi connectivity index (χ2n) is 2.16. The Morgan fingerprint density at radius 3 is 2.90 bits per heavy atom. The molecule has 0 radical (unpaired) electrons. The molecule has 0 saturated heterocycles. The summed E-state index contributed by atoms with van der Waals surface area (Å²) in [6.07, 6.45) is 0. The second-order valence-corrected chi connectivity index (χ2v) is 3.11. The number of nitrogens with zero attached hydrogens (tertiary/aromatic N) is 1. The third-order valence-electron chi connectivity index (χ3n) is 1.22. The molecule has 10 heavy (non-hydrogen) atoms. The van der Waals surface area contributed by atoms with Crippen LogP contribution in [0.5, 0.6) is 0 Å². The van der Waals surface area contributed by atoms with E-state index >= 15 is 0 Å². The molecule has 0 amide bonds.